The number of hydrogen-bond acceptors (Lipinski definition) is 3. The Morgan fingerprint density at radius 3 is 2.95 bits per heavy atom. The van der Waals surface area contributed by atoms with E-state index in [4.69, 9.17) is 0 Å². The molecule has 5 heteroatoms. The Hall–Kier alpha value is -0.000000000000000111. The zero-order chi connectivity index (χ0) is 13.9. The third-order valence-electron chi connectivity index (χ3n) is 3.86. The van der Waals surface area contributed by atoms with Gasteiger partial charge < -0.3 is 5.32 Å². The summed E-state index contributed by atoms with van der Waals surface area (Å²) in [5.74, 6) is 1.28. The molecule has 1 fully saturated rings. The fourth-order valence-corrected chi connectivity index (χ4v) is 4.76. The van der Waals surface area contributed by atoms with E-state index in [0.29, 0.717) is 6.04 Å². The number of rotatable bonds is 6. The van der Waals surface area contributed by atoms with Crippen LogP contribution in [0.25, 0.3) is 0 Å². The second kappa shape index (κ2) is 6.64. The fourth-order valence-electron chi connectivity index (χ4n) is 2.83. The molecular weight excluding hydrogens is 322 g/mol. The SMILES string of the molecule is CCCNC(c1c(Br)cnn1CC)C1(C)CCCS1. The van der Waals surface area contributed by atoms with E-state index in [1.807, 2.05) is 6.20 Å². The molecule has 2 rings (SSSR count). The summed E-state index contributed by atoms with van der Waals surface area (Å²) in [6, 6.07) is 0.372. The van der Waals surface area contributed by atoms with E-state index in [1.165, 1.54) is 24.3 Å². The average molecular weight is 346 g/mol. The lowest BCUT2D eigenvalue weighted by molar-refractivity contribution is 0.386. The van der Waals surface area contributed by atoms with Gasteiger partial charge in [-0.1, -0.05) is 6.92 Å². The lowest BCUT2D eigenvalue weighted by Crippen LogP contribution is -2.39. The zero-order valence-corrected chi connectivity index (χ0v) is 14.5. The molecule has 1 aliphatic heterocycles. The summed E-state index contributed by atoms with van der Waals surface area (Å²) in [6.45, 7) is 8.76. The smallest absolute Gasteiger partial charge is 0.0709 e. The molecule has 3 nitrogen and oxygen atoms in total. The Balaban J connectivity index is 2.33. The minimum Gasteiger partial charge on any atom is -0.307 e. The number of aryl methyl sites for hydroxylation is 1. The third-order valence-corrected chi connectivity index (χ3v) is 6.07. The first-order valence-electron chi connectivity index (χ1n) is 7.21. The Kier molecular flexibility index (Phi) is 5.37. The topological polar surface area (TPSA) is 29.9 Å². The van der Waals surface area contributed by atoms with Crippen LogP contribution in [0.5, 0.6) is 0 Å². The van der Waals surface area contributed by atoms with Crippen molar-refractivity contribution in [2.24, 2.45) is 0 Å². The Morgan fingerprint density at radius 1 is 1.58 bits per heavy atom. The molecule has 0 amide bonds. The van der Waals surface area contributed by atoms with E-state index >= 15 is 0 Å². The second-order valence-electron chi connectivity index (χ2n) is 5.35. The molecule has 1 aromatic rings. The standard InChI is InChI=1S/C14H24BrN3S/c1-4-8-16-13(14(3)7-6-9-19-14)12-11(15)10-17-18(12)5-2/h10,13,16H,4-9H2,1-3H3. The van der Waals surface area contributed by atoms with Gasteiger partial charge >= 0.3 is 0 Å². The fraction of sp³-hybridized carbons (Fsp3) is 0.786. The van der Waals surface area contributed by atoms with E-state index in [-0.39, 0.29) is 4.75 Å². The predicted molar refractivity (Wildman–Crippen MR) is 86.7 cm³/mol. The van der Waals surface area contributed by atoms with Crippen molar-refractivity contribution in [3.63, 3.8) is 0 Å². The van der Waals surface area contributed by atoms with Crippen molar-refractivity contribution >= 4 is 27.7 Å². The molecule has 0 aliphatic carbocycles. The molecule has 2 heterocycles. The van der Waals surface area contributed by atoms with Crippen molar-refractivity contribution in [2.75, 3.05) is 12.3 Å². The van der Waals surface area contributed by atoms with Crippen LogP contribution in [0.15, 0.2) is 10.7 Å². The van der Waals surface area contributed by atoms with Crippen LogP contribution in [0.4, 0.5) is 0 Å². The van der Waals surface area contributed by atoms with Gasteiger partial charge in [0.2, 0.25) is 0 Å². The van der Waals surface area contributed by atoms with Gasteiger partial charge in [0.05, 0.1) is 22.4 Å². The highest BCUT2D eigenvalue weighted by atomic mass is 79.9. The normalized spacial score (nSPS) is 24.8. The zero-order valence-electron chi connectivity index (χ0n) is 12.1. The maximum Gasteiger partial charge on any atom is 0.0709 e. The molecule has 0 saturated carbocycles. The first-order valence-corrected chi connectivity index (χ1v) is 8.98. The Morgan fingerprint density at radius 2 is 2.37 bits per heavy atom. The number of hydrogen-bond donors (Lipinski definition) is 1. The first kappa shape index (κ1) is 15.4. The third kappa shape index (κ3) is 3.19. The van der Waals surface area contributed by atoms with Crippen LogP contribution in [-0.2, 0) is 6.54 Å². The number of thioether (sulfide) groups is 1. The largest absolute Gasteiger partial charge is 0.307 e. The van der Waals surface area contributed by atoms with Gasteiger partial charge in [-0.05, 0) is 61.3 Å². The number of aromatic nitrogens is 2. The van der Waals surface area contributed by atoms with Crippen molar-refractivity contribution in [1.29, 1.82) is 0 Å². The molecule has 2 atom stereocenters. The first-order chi connectivity index (χ1) is 9.12. The van der Waals surface area contributed by atoms with Gasteiger partial charge in [0, 0.05) is 11.3 Å². The summed E-state index contributed by atoms with van der Waals surface area (Å²) in [5, 5.41) is 8.24. The molecule has 0 aromatic carbocycles. The molecule has 1 aliphatic rings. The molecule has 0 spiro atoms. The summed E-state index contributed by atoms with van der Waals surface area (Å²) < 4.78 is 3.54. The summed E-state index contributed by atoms with van der Waals surface area (Å²) in [4.78, 5) is 0. The maximum atomic E-state index is 4.49. The van der Waals surface area contributed by atoms with E-state index in [0.717, 1.165) is 24.0 Å². The summed E-state index contributed by atoms with van der Waals surface area (Å²) >= 11 is 5.79. The number of nitrogens with zero attached hydrogens (tertiary/aromatic N) is 2. The van der Waals surface area contributed by atoms with Crippen molar-refractivity contribution in [1.82, 2.24) is 15.1 Å². The van der Waals surface area contributed by atoms with E-state index in [1.54, 1.807) is 0 Å². The quantitative estimate of drug-likeness (QED) is 0.845. The van der Waals surface area contributed by atoms with Crippen LogP contribution >= 0.6 is 27.7 Å². The second-order valence-corrected chi connectivity index (χ2v) is 7.83. The van der Waals surface area contributed by atoms with Gasteiger partial charge in [0.1, 0.15) is 0 Å². The summed E-state index contributed by atoms with van der Waals surface area (Å²) in [7, 11) is 0. The molecule has 0 bridgehead atoms. The van der Waals surface area contributed by atoms with Crippen LogP contribution < -0.4 is 5.32 Å². The molecule has 0 radical (unpaired) electrons. The van der Waals surface area contributed by atoms with E-state index in [9.17, 15) is 0 Å². The minimum absolute atomic E-state index is 0.282. The Bertz CT molecular complexity index is 413. The lowest BCUT2D eigenvalue weighted by Gasteiger charge is -2.35. The van der Waals surface area contributed by atoms with Gasteiger partial charge in [-0.15, -0.1) is 0 Å². The number of nitrogens with one attached hydrogen (secondary N) is 1. The van der Waals surface area contributed by atoms with Crippen LogP contribution in [0, 0.1) is 0 Å². The molecule has 2 unspecified atom stereocenters. The van der Waals surface area contributed by atoms with Gasteiger partial charge in [0.25, 0.3) is 0 Å². The minimum atomic E-state index is 0.282. The summed E-state index contributed by atoms with van der Waals surface area (Å²) in [5.41, 5.74) is 1.31. The van der Waals surface area contributed by atoms with Crippen LogP contribution in [0.3, 0.4) is 0 Å². The molecule has 1 aromatic heterocycles. The monoisotopic (exact) mass is 345 g/mol. The molecule has 1 saturated heterocycles. The van der Waals surface area contributed by atoms with Crippen LogP contribution in [0.1, 0.15) is 51.8 Å². The Labute approximate surface area is 129 Å². The average Bonchev–Trinajstić information content (AvgIpc) is 2.98. The van der Waals surface area contributed by atoms with Crippen LogP contribution in [0.2, 0.25) is 0 Å². The maximum absolute atomic E-state index is 4.49. The van der Waals surface area contributed by atoms with Crippen LogP contribution in [-0.4, -0.2) is 26.8 Å². The number of halogens is 1. The molecule has 108 valence electrons. The highest BCUT2D eigenvalue weighted by Gasteiger charge is 2.40. The van der Waals surface area contributed by atoms with E-state index in [2.05, 4.69) is 63.6 Å². The lowest BCUT2D eigenvalue weighted by atomic mass is 9.93. The van der Waals surface area contributed by atoms with Gasteiger partial charge in [-0.25, -0.2) is 0 Å². The van der Waals surface area contributed by atoms with Gasteiger partial charge in [-0.2, -0.15) is 16.9 Å². The van der Waals surface area contributed by atoms with Crippen molar-refractivity contribution in [3.8, 4) is 0 Å². The predicted octanol–water partition coefficient (Wildman–Crippen LogP) is 3.99. The van der Waals surface area contributed by atoms with Crippen molar-refractivity contribution in [2.45, 2.75) is 57.4 Å². The molecular formula is C14H24BrN3S. The highest BCUT2D eigenvalue weighted by Crippen LogP contribution is 2.47. The molecule has 19 heavy (non-hydrogen) atoms. The summed E-state index contributed by atoms with van der Waals surface area (Å²) in [6.07, 6.45) is 5.70. The molecule has 1 N–H and O–H groups in total. The highest BCUT2D eigenvalue weighted by molar-refractivity contribution is 9.10. The van der Waals surface area contributed by atoms with Crippen molar-refractivity contribution < 1.29 is 0 Å². The van der Waals surface area contributed by atoms with Crippen molar-refractivity contribution in [3.05, 3.63) is 16.4 Å². The van der Waals surface area contributed by atoms with Gasteiger partial charge in [0.15, 0.2) is 0 Å². The van der Waals surface area contributed by atoms with E-state index < -0.39 is 0 Å². The van der Waals surface area contributed by atoms with Gasteiger partial charge in [-0.3, -0.25) is 4.68 Å².